The summed E-state index contributed by atoms with van der Waals surface area (Å²) in [5.41, 5.74) is 1.39. The van der Waals surface area contributed by atoms with Crippen molar-refractivity contribution in [2.24, 2.45) is 5.92 Å². The molecule has 23 heavy (non-hydrogen) atoms. The van der Waals surface area contributed by atoms with Crippen LogP contribution in [0.1, 0.15) is 31.9 Å². The topological polar surface area (TPSA) is 33.2 Å². The Morgan fingerprint density at radius 2 is 2.26 bits per heavy atom. The van der Waals surface area contributed by atoms with Crippen molar-refractivity contribution in [3.63, 3.8) is 0 Å². The molecular formula is C18H21FN2OS. The van der Waals surface area contributed by atoms with Crippen LogP contribution in [-0.4, -0.2) is 28.9 Å². The molecule has 1 atom stereocenters. The van der Waals surface area contributed by atoms with Gasteiger partial charge in [0, 0.05) is 30.5 Å². The molecule has 3 rings (SSSR count). The molecule has 2 heterocycles. The molecule has 3 nitrogen and oxygen atoms in total. The van der Waals surface area contributed by atoms with Gasteiger partial charge in [-0.25, -0.2) is 9.37 Å². The molecule has 122 valence electrons. The molecule has 0 saturated carbocycles. The number of rotatable bonds is 4. The Kier molecular flexibility index (Phi) is 5.06. The molecule has 1 aliphatic rings. The number of likely N-dealkylation sites (tertiary alicyclic amines) is 1. The van der Waals surface area contributed by atoms with Crippen LogP contribution in [0.2, 0.25) is 0 Å². The number of nitrogens with zero attached hydrogens (tertiary/aromatic N) is 2. The van der Waals surface area contributed by atoms with Gasteiger partial charge in [-0.1, -0.05) is 19.1 Å². The molecule has 0 aliphatic carbocycles. The first-order valence-electron chi connectivity index (χ1n) is 8.10. The first kappa shape index (κ1) is 16.1. The largest absolute Gasteiger partial charge is 0.342 e. The zero-order chi connectivity index (χ0) is 16.2. The molecule has 1 fully saturated rings. The van der Waals surface area contributed by atoms with Crippen LogP contribution in [0, 0.1) is 11.7 Å². The van der Waals surface area contributed by atoms with Crippen molar-refractivity contribution in [2.75, 3.05) is 13.1 Å². The number of amides is 1. The second-order valence-corrected chi connectivity index (χ2v) is 7.07. The Morgan fingerprint density at radius 3 is 3.04 bits per heavy atom. The quantitative estimate of drug-likeness (QED) is 0.843. The van der Waals surface area contributed by atoms with E-state index < -0.39 is 0 Å². The van der Waals surface area contributed by atoms with Crippen LogP contribution in [-0.2, 0) is 11.2 Å². The summed E-state index contributed by atoms with van der Waals surface area (Å²) in [5, 5.41) is 2.60. The highest BCUT2D eigenvalue weighted by molar-refractivity contribution is 7.13. The monoisotopic (exact) mass is 332 g/mol. The van der Waals surface area contributed by atoms with Gasteiger partial charge in [-0.2, -0.15) is 0 Å². The lowest BCUT2D eigenvalue weighted by molar-refractivity contribution is -0.132. The molecule has 5 heteroatoms. The van der Waals surface area contributed by atoms with Crippen molar-refractivity contribution in [1.82, 2.24) is 9.88 Å². The molecule has 0 N–H and O–H groups in total. The Balaban J connectivity index is 1.59. The van der Waals surface area contributed by atoms with E-state index in [0.717, 1.165) is 25.2 Å². The summed E-state index contributed by atoms with van der Waals surface area (Å²) in [6, 6.07) is 6.65. The number of hydrogen-bond acceptors (Lipinski definition) is 3. The molecule has 1 aromatic carbocycles. The number of piperidine rings is 1. The first-order chi connectivity index (χ1) is 11.1. The molecule has 1 aromatic heterocycles. The second-order valence-electron chi connectivity index (χ2n) is 6.21. The maximum atomic E-state index is 13.8. The van der Waals surface area contributed by atoms with Gasteiger partial charge in [-0.3, -0.25) is 4.79 Å². The smallest absolute Gasteiger partial charge is 0.222 e. The van der Waals surface area contributed by atoms with Crippen molar-refractivity contribution in [3.8, 4) is 10.6 Å². The molecule has 1 amide bonds. The van der Waals surface area contributed by atoms with Crippen LogP contribution in [0.4, 0.5) is 4.39 Å². The zero-order valence-corrected chi connectivity index (χ0v) is 14.1. The van der Waals surface area contributed by atoms with E-state index in [0.29, 0.717) is 29.3 Å². The van der Waals surface area contributed by atoms with Crippen LogP contribution in [0.25, 0.3) is 10.6 Å². The van der Waals surface area contributed by atoms with Gasteiger partial charge in [0.1, 0.15) is 10.8 Å². The van der Waals surface area contributed by atoms with Gasteiger partial charge >= 0.3 is 0 Å². The number of carbonyl (C=O) groups excluding carboxylic acids is 1. The number of thiazole rings is 1. The van der Waals surface area contributed by atoms with Crippen molar-refractivity contribution in [3.05, 3.63) is 41.2 Å². The number of benzene rings is 1. The van der Waals surface area contributed by atoms with Gasteiger partial charge in [0.15, 0.2) is 0 Å². The fourth-order valence-electron chi connectivity index (χ4n) is 2.99. The summed E-state index contributed by atoms with van der Waals surface area (Å²) in [6.07, 6.45) is 3.41. The maximum Gasteiger partial charge on any atom is 0.222 e. The van der Waals surface area contributed by atoms with Crippen LogP contribution < -0.4 is 0 Å². The number of carbonyl (C=O) groups is 1. The summed E-state index contributed by atoms with van der Waals surface area (Å²) >= 11 is 1.43. The summed E-state index contributed by atoms with van der Waals surface area (Å²) in [4.78, 5) is 18.7. The molecule has 1 unspecified atom stereocenters. The lowest BCUT2D eigenvalue weighted by atomic mass is 10.00. The highest BCUT2D eigenvalue weighted by atomic mass is 32.1. The van der Waals surface area contributed by atoms with E-state index in [9.17, 15) is 9.18 Å². The first-order valence-corrected chi connectivity index (χ1v) is 8.98. The number of aryl methyl sites for hydroxylation is 1. The minimum Gasteiger partial charge on any atom is -0.342 e. The molecule has 0 radical (unpaired) electrons. The highest BCUT2D eigenvalue weighted by Crippen LogP contribution is 2.26. The van der Waals surface area contributed by atoms with Gasteiger partial charge in [-0.15, -0.1) is 11.3 Å². The van der Waals surface area contributed by atoms with Crippen molar-refractivity contribution >= 4 is 17.2 Å². The minimum absolute atomic E-state index is 0.206. The van der Waals surface area contributed by atoms with E-state index in [1.54, 1.807) is 18.2 Å². The van der Waals surface area contributed by atoms with Gasteiger partial charge < -0.3 is 4.90 Å². The number of hydrogen-bond donors (Lipinski definition) is 0. The Labute approximate surface area is 140 Å². The van der Waals surface area contributed by atoms with Crippen LogP contribution in [0.3, 0.4) is 0 Å². The van der Waals surface area contributed by atoms with E-state index in [-0.39, 0.29) is 11.7 Å². The van der Waals surface area contributed by atoms with E-state index in [1.165, 1.54) is 23.8 Å². The highest BCUT2D eigenvalue weighted by Gasteiger charge is 2.20. The van der Waals surface area contributed by atoms with Gasteiger partial charge in [0.05, 0.1) is 5.69 Å². The third-order valence-corrected chi connectivity index (χ3v) is 5.19. The van der Waals surface area contributed by atoms with Crippen LogP contribution in [0.5, 0.6) is 0 Å². The third-order valence-electron chi connectivity index (χ3n) is 4.26. The van der Waals surface area contributed by atoms with E-state index in [2.05, 4.69) is 11.9 Å². The molecule has 0 spiro atoms. The normalized spacial score (nSPS) is 18.2. The molecular weight excluding hydrogens is 311 g/mol. The average molecular weight is 332 g/mol. The molecule has 1 saturated heterocycles. The Morgan fingerprint density at radius 1 is 1.43 bits per heavy atom. The van der Waals surface area contributed by atoms with Gasteiger partial charge in [0.2, 0.25) is 5.91 Å². The van der Waals surface area contributed by atoms with Gasteiger partial charge in [0.25, 0.3) is 0 Å². The summed E-state index contributed by atoms with van der Waals surface area (Å²) in [5.74, 6) is 0.545. The average Bonchev–Trinajstić information content (AvgIpc) is 3.02. The van der Waals surface area contributed by atoms with Crippen molar-refractivity contribution < 1.29 is 9.18 Å². The predicted molar refractivity (Wildman–Crippen MR) is 90.8 cm³/mol. The van der Waals surface area contributed by atoms with Crippen molar-refractivity contribution in [1.29, 1.82) is 0 Å². The molecule has 0 bridgehead atoms. The fourth-order valence-corrected chi connectivity index (χ4v) is 3.87. The zero-order valence-electron chi connectivity index (χ0n) is 13.3. The number of halogens is 1. The predicted octanol–water partition coefficient (Wildman–Crippen LogP) is 4.14. The van der Waals surface area contributed by atoms with E-state index >= 15 is 0 Å². The van der Waals surface area contributed by atoms with E-state index in [1.807, 2.05) is 10.3 Å². The molecule has 2 aromatic rings. The van der Waals surface area contributed by atoms with Crippen LogP contribution >= 0.6 is 11.3 Å². The van der Waals surface area contributed by atoms with Crippen LogP contribution in [0.15, 0.2) is 29.6 Å². The van der Waals surface area contributed by atoms with E-state index in [4.69, 9.17) is 0 Å². The minimum atomic E-state index is -0.258. The lowest BCUT2D eigenvalue weighted by Gasteiger charge is -2.31. The Hall–Kier alpha value is -1.75. The third kappa shape index (κ3) is 3.96. The standard InChI is InChI=1S/C18H21FN2OS/c1-13-5-4-10-21(11-13)17(22)9-8-14-12-23-18(20-14)15-6-2-3-7-16(15)19/h2-3,6-7,12-13H,4-5,8-11H2,1H3. The lowest BCUT2D eigenvalue weighted by Crippen LogP contribution is -2.39. The maximum absolute atomic E-state index is 13.8. The SMILES string of the molecule is CC1CCCN(C(=O)CCc2csc(-c3ccccc3F)n2)C1. The summed E-state index contributed by atoms with van der Waals surface area (Å²) in [7, 11) is 0. The number of aromatic nitrogens is 1. The summed E-state index contributed by atoms with van der Waals surface area (Å²) < 4.78 is 13.8. The fraction of sp³-hybridized carbons (Fsp3) is 0.444. The van der Waals surface area contributed by atoms with Crippen molar-refractivity contribution in [2.45, 2.75) is 32.6 Å². The summed E-state index contributed by atoms with van der Waals surface area (Å²) in [6.45, 7) is 3.94. The molecule has 1 aliphatic heterocycles. The van der Waals surface area contributed by atoms with Gasteiger partial charge in [-0.05, 0) is 37.3 Å². The Bertz CT molecular complexity index is 685. The second kappa shape index (κ2) is 7.21.